The number of aryl methyl sites for hydroxylation is 1. The SMILES string of the molecule is CCc1nc2ccccc2n1C1CCN(c2cc(C#N)nc3ccccc23)CC1. The van der Waals surface area contributed by atoms with E-state index in [9.17, 15) is 5.26 Å². The van der Waals surface area contributed by atoms with Crippen molar-refractivity contribution in [3.05, 3.63) is 66.1 Å². The molecule has 0 saturated carbocycles. The van der Waals surface area contributed by atoms with Crippen LogP contribution < -0.4 is 4.90 Å². The van der Waals surface area contributed by atoms with Gasteiger partial charge in [0.25, 0.3) is 0 Å². The van der Waals surface area contributed by atoms with E-state index in [1.807, 2.05) is 24.3 Å². The number of pyridine rings is 1. The molecule has 0 amide bonds. The van der Waals surface area contributed by atoms with E-state index in [1.165, 1.54) is 11.3 Å². The molecule has 1 saturated heterocycles. The third-order valence-electron chi connectivity index (χ3n) is 5.96. The van der Waals surface area contributed by atoms with Gasteiger partial charge in [0.1, 0.15) is 17.6 Å². The highest BCUT2D eigenvalue weighted by atomic mass is 15.2. The van der Waals surface area contributed by atoms with Crippen LogP contribution in [-0.2, 0) is 6.42 Å². The van der Waals surface area contributed by atoms with Crippen LogP contribution in [0.1, 0.15) is 37.3 Å². The van der Waals surface area contributed by atoms with Gasteiger partial charge in [0, 0.05) is 36.6 Å². The third-order valence-corrected chi connectivity index (χ3v) is 5.96. The zero-order chi connectivity index (χ0) is 19.8. The molecule has 1 aliphatic rings. The lowest BCUT2D eigenvalue weighted by molar-refractivity contribution is 0.395. The fraction of sp³-hybridized carbons (Fsp3) is 0.292. The minimum absolute atomic E-state index is 0.456. The van der Waals surface area contributed by atoms with Gasteiger partial charge in [0.05, 0.1) is 16.6 Å². The van der Waals surface area contributed by atoms with Crippen LogP contribution >= 0.6 is 0 Å². The number of imidazole rings is 1. The number of aromatic nitrogens is 3. The molecule has 1 fully saturated rings. The van der Waals surface area contributed by atoms with E-state index >= 15 is 0 Å². The van der Waals surface area contributed by atoms with Gasteiger partial charge >= 0.3 is 0 Å². The van der Waals surface area contributed by atoms with Crippen LogP contribution in [0.5, 0.6) is 0 Å². The molecule has 0 radical (unpaired) electrons. The number of benzene rings is 2. The zero-order valence-electron chi connectivity index (χ0n) is 16.5. The Hall–Kier alpha value is -3.39. The maximum Gasteiger partial charge on any atom is 0.143 e. The number of anilines is 1. The normalized spacial score (nSPS) is 15.1. The number of hydrogen-bond donors (Lipinski definition) is 0. The van der Waals surface area contributed by atoms with Gasteiger partial charge in [0.2, 0.25) is 0 Å². The smallest absolute Gasteiger partial charge is 0.143 e. The van der Waals surface area contributed by atoms with Crippen LogP contribution in [0.15, 0.2) is 54.6 Å². The molecule has 4 aromatic rings. The second kappa shape index (κ2) is 7.21. The van der Waals surface area contributed by atoms with Gasteiger partial charge < -0.3 is 9.47 Å². The minimum Gasteiger partial charge on any atom is -0.371 e. The highest BCUT2D eigenvalue weighted by Gasteiger charge is 2.25. The van der Waals surface area contributed by atoms with E-state index in [2.05, 4.69) is 57.8 Å². The highest BCUT2D eigenvalue weighted by Crippen LogP contribution is 2.34. The van der Waals surface area contributed by atoms with Crippen molar-refractivity contribution in [1.82, 2.24) is 14.5 Å². The summed E-state index contributed by atoms with van der Waals surface area (Å²) in [6, 6.07) is 21.2. The van der Waals surface area contributed by atoms with E-state index in [0.29, 0.717) is 11.7 Å². The van der Waals surface area contributed by atoms with Crippen molar-refractivity contribution in [2.24, 2.45) is 0 Å². The van der Waals surface area contributed by atoms with Crippen molar-refractivity contribution < 1.29 is 0 Å². The summed E-state index contributed by atoms with van der Waals surface area (Å²) in [5, 5.41) is 10.5. The molecule has 0 unspecified atom stereocenters. The summed E-state index contributed by atoms with van der Waals surface area (Å²) >= 11 is 0. The van der Waals surface area contributed by atoms with Crippen LogP contribution in [0, 0.1) is 11.3 Å². The second-order valence-corrected chi connectivity index (χ2v) is 7.61. The molecular formula is C24H23N5. The van der Waals surface area contributed by atoms with Crippen LogP contribution in [-0.4, -0.2) is 27.6 Å². The van der Waals surface area contributed by atoms with E-state index < -0.39 is 0 Å². The molecule has 0 spiro atoms. The first-order valence-electron chi connectivity index (χ1n) is 10.3. The van der Waals surface area contributed by atoms with Crippen molar-refractivity contribution in [2.45, 2.75) is 32.2 Å². The zero-order valence-corrected chi connectivity index (χ0v) is 16.5. The van der Waals surface area contributed by atoms with Gasteiger partial charge in [-0.15, -0.1) is 0 Å². The van der Waals surface area contributed by atoms with Crippen molar-refractivity contribution in [2.75, 3.05) is 18.0 Å². The molecule has 0 bridgehead atoms. The summed E-state index contributed by atoms with van der Waals surface area (Å²) < 4.78 is 2.46. The molecule has 5 heteroatoms. The van der Waals surface area contributed by atoms with E-state index in [-0.39, 0.29) is 0 Å². The first kappa shape index (κ1) is 17.7. The van der Waals surface area contributed by atoms with Crippen LogP contribution in [0.3, 0.4) is 0 Å². The summed E-state index contributed by atoms with van der Waals surface area (Å²) in [6.07, 6.45) is 3.06. The molecule has 5 rings (SSSR count). The Bertz CT molecular complexity index is 1230. The quantitative estimate of drug-likeness (QED) is 0.508. The lowest BCUT2D eigenvalue weighted by atomic mass is 10.0. The third kappa shape index (κ3) is 3.01. The number of piperidine rings is 1. The first-order valence-corrected chi connectivity index (χ1v) is 10.3. The summed E-state index contributed by atoms with van der Waals surface area (Å²) in [5.41, 5.74) is 4.82. The van der Waals surface area contributed by atoms with Crippen LogP contribution in [0.4, 0.5) is 5.69 Å². The maximum atomic E-state index is 9.40. The molecule has 2 aromatic heterocycles. The maximum absolute atomic E-state index is 9.40. The molecule has 29 heavy (non-hydrogen) atoms. The predicted octanol–water partition coefficient (Wildman–Crippen LogP) is 4.86. The molecule has 0 N–H and O–H groups in total. The Morgan fingerprint density at radius 2 is 1.72 bits per heavy atom. The minimum atomic E-state index is 0.456. The standard InChI is InChI=1S/C24H23N5/c1-2-24-27-21-9-5-6-10-22(21)29(24)18-11-13-28(14-12-18)23-15-17(16-25)26-20-8-4-3-7-19(20)23/h3-10,15,18H,2,11-14H2,1H3. The summed E-state index contributed by atoms with van der Waals surface area (Å²) in [6.45, 7) is 4.10. The van der Waals surface area contributed by atoms with E-state index in [1.54, 1.807) is 0 Å². The average Bonchev–Trinajstić information content (AvgIpc) is 3.17. The molecule has 3 heterocycles. The Morgan fingerprint density at radius 3 is 2.48 bits per heavy atom. The lowest BCUT2D eigenvalue weighted by Gasteiger charge is -2.35. The number of para-hydroxylation sites is 3. The number of hydrogen-bond acceptors (Lipinski definition) is 4. The van der Waals surface area contributed by atoms with Crippen molar-refractivity contribution in [1.29, 1.82) is 5.26 Å². The van der Waals surface area contributed by atoms with Gasteiger partial charge in [0.15, 0.2) is 0 Å². The molecule has 2 aromatic carbocycles. The summed E-state index contributed by atoms with van der Waals surface area (Å²) in [4.78, 5) is 11.7. The van der Waals surface area contributed by atoms with Crippen molar-refractivity contribution in [3.63, 3.8) is 0 Å². The molecule has 1 aliphatic heterocycles. The Morgan fingerprint density at radius 1 is 1.00 bits per heavy atom. The van der Waals surface area contributed by atoms with Crippen LogP contribution in [0.2, 0.25) is 0 Å². The number of nitrogens with zero attached hydrogens (tertiary/aromatic N) is 5. The number of nitriles is 1. The van der Waals surface area contributed by atoms with Gasteiger partial charge in [-0.3, -0.25) is 0 Å². The van der Waals surface area contributed by atoms with E-state index in [4.69, 9.17) is 4.98 Å². The lowest BCUT2D eigenvalue weighted by Crippen LogP contribution is -2.35. The summed E-state index contributed by atoms with van der Waals surface area (Å²) in [7, 11) is 0. The van der Waals surface area contributed by atoms with Crippen LogP contribution in [0.25, 0.3) is 21.9 Å². The van der Waals surface area contributed by atoms with E-state index in [0.717, 1.165) is 54.5 Å². The summed E-state index contributed by atoms with van der Waals surface area (Å²) in [5.74, 6) is 1.17. The van der Waals surface area contributed by atoms with Gasteiger partial charge in [-0.2, -0.15) is 5.26 Å². The number of rotatable bonds is 3. The van der Waals surface area contributed by atoms with Crippen molar-refractivity contribution in [3.8, 4) is 6.07 Å². The molecule has 0 aliphatic carbocycles. The Balaban J connectivity index is 1.46. The fourth-order valence-electron chi connectivity index (χ4n) is 4.59. The van der Waals surface area contributed by atoms with Gasteiger partial charge in [-0.1, -0.05) is 37.3 Å². The molecule has 0 atom stereocenters. The Kier molecular flexibility index (Phi) is 4.40. The van der Waals surface area contributed by atoms with Crippen molar-refractivity contribution >= 4 is 27.6 Å². The molecule has 5 nitrogen and oxygen atoms in total. The highest BCUT2D eigenvalue weighted by molar-refractivity contribution is 5.92. The second-order valence-electron chi connectivity index (χ2n) is 7.61. The fourth-order valence-corrected chi connectivity index (χ4v) is 4.59. The molecular weight excluding hydrogens is 358 g/mol. The first-order chi connectivity index (χ1) is 14.3. The Labute approximate surface area is 170 Å². The van der Waals surface area contributed by atoms with Gasteiger partial charge in [-0.05, 0) is 37.1 Å². The predicted molar refractivity (Wildman–Crippen MR) is 116 cm³/mol. The topological polar surface area (TPSA) is 57.7 Å². The monoisotopic (exact) mass is 381 g/mol. The van der Waals surface area contributed by atoms with Gasteiger partial charge in [-0.25, -0.2) is 9.97 Å². The average molecular weight is 381 g/mol. The largest absolute Gasteiger partial charge is 0.371 e. The molecule has 144 valence electrons. The number of fused-ring (bicyclic) bond motifs is 2.